The molecule has 0 saturated heterocycles. The highest BCUT2D eigenvalue weighted by molar-refractivity contribution is 5.98. The molecule has 0 aliphatic heterocycles. The fourth-order valence-corrected chi connectivity index (χ4v) is 2.66. The summed E-state index contributed by atoms with van der Waals surface area (Å²) in [6, 6.07) is 9.45. The van der Waals surface area contributed by atoms with Gasteiger partial charge in [-0.15, -0.1) is 0 Å². The second kappa shape index (κ2) is 9.02. The van der Waals surface area contributed by atoms with Gasteiger partial charge in [-0.05, 0) is 42.7 Å². The van der Waals surface area contributed by atoms with Crippen LogP contribution in [-0.2, 0) is 6.54 Å². The summed E-state index contributed by atoms with van der Waals surface area (Å²) in [5.41, 5.74) is 0.102. The van der Waals surface area contributed by atoms with E-state index in [2.05, 4.69) is 15.4 Å². The second-order valence-corrected chi connectivity index (χ2v) is 6.97. The Kier molecular flexibility index (Phi) is 6.42. The van der Waals surface area contributed by atoms with Crippen LogP contribution >= 0.6 is 0 Å². The highest BCUT2D eigenvalue weighted by Crippen LogP contribution is 2.26. The molecular weight excluding hydrogens is 419 g/mol. The summed E-state index contributed by atoms with van der Waals surface area (Å²) in [5, 5.41) is 16.5. The molecule has 2 aromatic carbocycles. The number of nitro groups is 1. The van der Waals surface area contributed by atoms with Gasteiger partial charge in [0.2, 0.25) is 0 Å². The van der Waals surface area contributed by atoms with Crippen molar-refractivity contribution in [3.63, 3.8) is 0 Å². The predicted octanol–water partition coefficient (Wildman–Crippen LogP) is 3.36. The Hall–Kier alpha value is -3.63. The van der Waals surface area contributed by atoms with Crippen LogP contribution in [0.15, 0.2) is 42.5 Å². The van der Waals surface area contributed by atoms with Crippen molar-refractivity contribution in [3.8, 4) is 5.75 Å². The summed E-state index contributed by atoms with van der Waals surface area (Å²) >= 11 is 0. The minimum atomic E-state index is -4.59. The lowest BCUT2D eigenvalue weighted by molar-refractivity contribution is -0.385. The van der Waals surface area contributed by atoms with Crippen LogP contribution in [0.4, 0.5) is 18.9 Å². The number of hydrogen-bond acceptors (Lipinski definition) is 5. The molecule has 0 radical (unpaired) electrons. The smallest absolute Gasteiger partial charge is 0.422 e. The van der Waals surface area contributed by atoms with Crippen molar-refractivity contribution < 1.29 is 32.4 Å². The molecule has 1 aliphatic rings. The minimum Gasteiger partial charge on any atom is -0.484 e. The number of amides is 2. The first kappa shape index (κ1) is 22.1. The van der Waals surface area contributed by atoms with Gasteiger partial charge >= 0.3 is 6.18 Å². The Bertz CT molecular complexity index is 989. The van der Waals surface area contributed by atoms with Gasteiger partial charge in [0.15, 0.2) is 6.61 Å². The van der Waals surface area contributed by atoms with Crippen LogP contribution < -0.4 is 15.4 Å². The number of halogens is 3. The van der Waals surface area contributed by atoms with Crippen LogP contribution in [0.2, 0.25) is 0 Å². The van der Waals surface area contributed by atoms with Crippen molar-refractivity contribution in [1.29, 1.82) is 0 Å². The van der Waals surface area contributed by atoms with Crippen LogP contribution in [-0.4, -0.2) is 35.6 Å². The summed E-state index contributed by atoms with van der Waals surface area (Å²) in [4.78, 5) is 34.8. The maximum atomic E-state index is 12.4. The van der Waals surface area contributed by atoms with Crippen molar-refractivity contribution in [3.05, 3.63) is 69.3 Å². The Labute approximate surface area is 174 Å². The van der Waals surface area contributed by atoms with E-state index in [1.807, 2.05) is 0 Å². The van der Waals surface area contributed by atoms with E-state index >= 15 is 0 Å². The predicted molar refractivity (Wildman–Crippen MR) is 103 cm³/mol. The molecule has 2 aromatic rings. The average Bonchev–Trinajstić information content (AvgIpc) is 3.54. The monoisotopic (exact) mass is 437 g/mol. The van der Waals surface area contributed by atoms with Crippen LogP contribution in [0.5, 0.6) is 5.75 Å². The van der Waals surface area contributed by atoms with Gasteiger partial charge in [0, 0.05) is 24.2 Å². The molecule has 11 heteroatoms. The molecule has 8 nitrogen and oxygen atoms in total. The standard InChI is InChI=1S/C20H18F3N3O5/c21-20(22,23)11-31-15-7-8-17(26(29)30)16(9-15)19(28)24-10-12-1-3-13(4-2-12)18(27)25-14-5-6-14/h1-4,7-9,14H,5-6,10-11H2,(H,24,28)(H,25,27). The van der Waals surface area contributed by atoms with E-state index in [1.165, 1.54) is 0 Å². The quantitative estimate of drug-likeness (QED) is 0.486. The lowest BCUT2D eigenvalue weighted by atomic mass is 10.1. The van der Waals surface area contributed by atoms with Gasteiger partial charge < -0.3 is 15.4 Å². The molecule has 2 N–H and O–H groups in total. The average molecular weight is 437 g/mol. The molecular formula is C20H18F3N3O5. The molecule has 2 amide bonds. The maximum Gasteiger partial charge on any atom is 0.422 e. The molecule has 1 aliphatic carbocycles. The van der Waals surface area contributed by atoms with E-state index in [9.17, 15) is 32.9 Å². The summed E-state index contributed by atoms with van der Waals surface area (Å²) in [5.74, 6) is -1.36. The molecule has 3 rings (SSSR count). The van der Waals surface area contributed by atoms with E-state index in [-0.39, 0.29) is 24.2 Å². The Morgan fingerprint density at radius 2 is 1.77 bits per heavy atom. The second-order valence-electron chi connectivity index (χ2n) is 6.97. The molecule has 0 unspecified atom stereocenters. The molecule has 0 spiro atoms. The number of nitro benzene ring substituents is 1. The van der Waals surface area contributed by atoms with Crippen LogP contribution in [0, 0.1) is 10.1 Å². The van der Waals surface area contributed by atoms with Crippen molar-refractivity contribution >= 4 is 17.5 Å². The third-order valence-electron chi connectivity index (χ3n) is 4.39. The largest absolute Gasteiger partial charge is 0.484 e. The first-order chi connectivity index (χ1) is 14.6. The van der Waals surface area contributed by atoms with E-state index in [0.717, 1.165) is 31.0 Å². The minimum absolute atomic E-state index is 0.00581. The number of benzene rings is 2. The van der Waals surface area contributed by atoms with Gasteiger partial charge in [0.1, 0.15) is 11.3 Å². The maximum absolute atomic E-state index is 12.4. The number of carbonyl (C=O) groups excluding carboxylic acids is 2. The zero-order valence-electron chi connectivity index (χ0n) is 16.1. The van der Waals surface area contributed by atoms with Crippen LogP contribution in [0.25, 0.3) is 0 Å². The number of rotatable bonds is 8. The zero-order valence-corrected chi connectivity index (χ0v) is 16.1. The molecule has 0 atom stereocenters. The van der Waals surface area contributed by atoms with Crippen LogP contribution in [0.1, 0.15) is 39.1 Å². The SMILES string of the molecule is O=C(NC1CC1)c1ccc(CNC(=O)c2cc(OCC(F)(F)F)ccc2[N+](=O)[O-])cc1. The first-order valence-corrected chi connectivity index (χ1v) is 9.28. The lowest BCUT2D eigenvalue weighted by Crippen LogP contribution is -2.26. The van der Waals surface area contributed by atoms with Gasteiger partial charge in [-0.3, -0.25) is 19.7 Å². The van der Waals surface area contributed by atoms with Gasteiger partial charge in [-0.1, -0.05) is 12.1 Å². The Morgan fingerprint density at radius 3 is 2.35 bits per heavy atom. The van der Waals surface area contributed by atoms with E-state index < -0.39 is 34.9 Å². The van der Waals surface area contributed by atoms with Gasteiger partial charge in [0.05, 0.1) is 4.92 Å². The number of nitrogens with one attached hydrogen (secondary N) is 2. The van der Waals surface area contributed by atoms with E-state index in [0.29, 0.717) is 11.1 Å². The molecule has 31 heavy (non-hydrogen) atoms. The molecule has 1 fully saturated rings. The zero-order chi connectivity index (χ0) is 22.6. The fourth-order valence-electron chi connectivity index (χ4n) is 2.66. The van der Waals surface area contributed by atoms with Gasteiger partial charge in [0.25, 0.3) is 17.5 Å². The van der Waals surface area contributed by atoms with E-state index in [4.69, 9.17) is 0 Å². The first-order valence-electron chi connectivity index (χ1n) is 9.28. The summed E-state index contributed by atoms with van der Waals surface area (Å²) in [6.07, 6.45) is -2.67. The molecule has 0 bridgehead atoms. The van der Waals surface area contributed by atoms with Gasteiger partial charge in [-0.2, -0.15) is 13.2 Å². The molecule has 0 heterocycles. The lowest BCUT2D eigenvalue weighted by Gasteiger charge is -2.11. The van der Waals surface area contributed by atoms with Crippen molar-refractivity contribution in [2.75, 3.05) is 6.61 Å². The van der Waals surface area contributed by atoms with Crippen molar-refractivity contribution in [2.45, 2.75) is 31.6 Å². The normalized spacial score (nSPS) is 13.4. The number of nitrogens with zero attached hydrogens (tertiary/aromatic N) is 1. The van der Waals surface area contributed by atoms with Gasteiger partial charge in [-0.25, -0.2) is 0 Å². The Morgan fingerprint density at radius 1 is 1.10 bits per heavy atom. The highest BCUT2D eigenvalue weighted by atomic mass is 19.4. The summed E-state index contributed by atoms with van der Waals surface area (Å²) in [7, 11) is 0. The number of alkyl halides is 3. The van der Waals surface area contributed by atoms with Crippen molar-refractivity contribution in [1.82, 2.24) is 10.6 Å². The summed E-state index contributed by atoms with van der Waals surface area (Å²) < 4.78 is 41.5. The summed E-state index contributed by atoms with van der Waals surface area (Å²) in [6.45, 7) is -1.60. The molecule has 0 aromatic heterocycles. The van der Waals surface area contributed by atoms with Crippen molar-refractivity contribution in [2.24, 2.45) is 0 Å². The third-order valence-corrected chi connectivity index (χ3v) is 4.39. The number of hydrogen-bond donors (Lipinski definition) is 2. The van der Waals surface area contributed by atoms with Crippen LogP contribution in [0.3, 0.4) is 0 Å². The molecule has 164 valence electrons. The third kappa shape index (κ3) is 6.43. The topological polar surface area (TPSA) is 111 Å². The molecule has 1 saturated carbocycles. The van der Waals surface area contributed by atoms with E-state index in [1.54, 1.807) is 24.3 Å². The Balaban J connectivity index is 1.65. The highest BCUT2D eigenvalue weighted by Gasteiger charge is 2.29. The number of carbonyl (C=O) groups is 2. The fraction of sp³-hybridized carbons (Fsp3) is 0.300. The number of ether oxygens (including phenoxy) is 1.